The van der Waals surface area contributed by atoms with Gasteiger partial charge in [-0.15, -0.1) is 0 Å². The first-order valence-corrected chi connectivity index (χ1v) is 9.80. The highest BCUT2D eigenvalue weighted by molar-refractivity contribution is 6.03. The first kappa shape index (κ1) is 22.5. The van der Waals surface area contributed by atoms with Crippen LogP contribution in [0.5, 0.6) is 5.75 Å². The van der Waals surface area contributed by atoms with Gasteiger partial charge in [0.25, 0.3) is 11.8 Å². The minimum atomic E-state index is -0.965. The molecule has 0 heterocycles. The number of aromatic hydroxyl groups is 1. The van der Waals surface area contributed by atoms with E-state index in [1.807, 2.05) is 0 Å². The minimum absolute atomic E-state index is 0.0645. The minimum Gasteiger partial charge on any atom is -0.507 e. The summed E-state index contributed by atoms with van der Waals surface area (Å²) in [6, 6.07) is 18.4. The summed E-state index contributed by atoms with van der Waals surface area (Å²) in [7, 11) is 0. The third-order valence-electron chi connectivity index (χ3n) is 4.87. The summed E-state index contributed by atoms with van der Waals surface area (Å²) in [5, 5.41) is 22.3. The van der Waals surface area contributed by atoms with Crippen molar-refractivity contribution in [1.82, 2.24) is 10.8 Å². The monoisotopic (exact) mass is 434 g/mol. The molecule has 0 aliphatic carbocycles. The molecule has 3 aromatic carbocycles. The van der Waals surface area contributed by atoms with E-state index in [-0.39, 0.29) is 5.75 Å². The van der Waals surface area contributed by atoms with Gasteiger partial charge in [-0.25, -0.2) is 10.3 Å². The predicted octanol–water partition coefficient (Wildman–Crippen LogP) is 3.85. The summed E-state index contributed by atoms with van der Waals surface area (Å²) >= 11 is 0. The maximum absolute atomic E-state index is 12.6. The molecule has 3 amide bonds. The van der Waals surface area contributed by atoms with Crippen LogP contribution in [0.2, 0.25) is 0 Å². The van der Waals surface area contributed by atoms with Gasteiger partial charge in [0.2, 0.25) is 0 Å². The number of carbonyl (C=O) groups is 3. The van der Waals surface area contributed by atoms with Gasteiger partial charge in [0.05, 0.1) is 0 Å². The molecule has 0 aliphatic heterocycles. The number of hydrogen-bond acceptors (Lipinski definition) is 6. The molecule has 4 N–H and O–H groups in total. The Morgan fingerprint density at radius 2 is 1.59 bits per heavy atom. The third kappa shape index (κ3) is 5.30. The van der Waals surface area contributed by atoms with E-state index in [9.17, 15) is 19.5 Å². The van der Waals surface area contributed by atoms with Crippen molar-refractivity contribution in [2.24, 2.45) is 5.92 Å². The largest absolute Gasteiger partial charge is 0.507 e. The van der Waals surface area contributed by atoms with Crippen LogP contribution in [0.1, 0.15) is 28.9 Å². The highest BCUT2D eigenvalue weighted by Crippen LogP contribution is 2.36. The van der Waals surface area contributed by atoms with Crippen LogP contribution in [0.4, 0.5) is 4.79 Å². The van der Waals surface area contributed by atoms with Crippen molar-refractivity contribution < 1.29 is 29.4 Å². The summed E-state index contributed by atoms with van der Waals surface area (Å²) in [6.07, 6.45) is 0.695. The molecule has 0 aliphatic rings. The molecule has 8 heteroatoms. The molecular weight excluding hydrogens is 412 g/mol. The molecule has 3 rings (SSSR count). The van der Waals surface area contributed by atoms with Crippen LogP contribution in [0.3, 0.4) is 0 Å². The van der Waals surface area contributed by atoms with Gasteiger partial charge in [0.15, 0.2) is 0 Å². The van der Waals surface area contributed by atoms with Crippen LogP contribution in [0.25, 0.3) is 10.8 Å². The van der Waals surface area contributed by atoms with Gasteiger partial charge in [0, 0.05) is 28.5 Å². The number of rotatable bonds is 6. The van der Waals surface area contributed by atoms with Gasteiger partial charge in [-0.1, -0.05) is 61.5 Å². The van der Waals surface area contributed by atoms with Gasteiger partial charge < -0.3 is 9.84 Å². The summed E-state index contributed by atoms with van der Waals surface area (Å²) in [5.41, 5.74) is 2.36. The van der Waals surface area contributed by atoms with E-state index in [4.69, 9.17) is 9.94 Å². The van der Waals surface area contributed by atoms with Crippen molar-refractivity contribution in [2.45, 2.75) is 13.0 Å². The highest BCUT2D eigenvalue weighted by atomic mass is 16.6. The fourth-order valence-electron chi connectivity index (χ4n) is 3.29. The third-order valence-corrected chi connectivity index (χ3v) is 4.87. The van der Waals surface area contributed by atoms with E-state index in [2.05, 4.69) is 5.32 Å². The maximum Gasteiger partial charge on any atom is 0.414 e. The maximum atomic E-state index is 12.6. The number of alkyl carbamates (subject to hydrolysis) is 1. The van der Waals surface area contributed by atoms with E-state index in [0.29, 0.717) is 21.9 Å². The number of nitrogens with one attached hydrogen (secondary N) is 2. The molecule has 0 radical (unpaired) electrons. The Morgan fingerprint density at radius 1 is 0.938 bits per heavy atom. The first-order valence-electron chi connectivity index (χ1n) is 9.80. The molecule has 0 saturated carbocycles. The Balaban J connectivity index is 1.92. The second-order valence-corrected chi connectivity index (χ2v) is 7.06. The second kappa shape index (κ2) is 10.2. The number of fused-ring (bicyclic) bond motifs is 1. The van der Waals surface area contributed by atoms with Crippen LogP contribution in [-0.2, 0) is 9.53 Å². The number of ether oxygens (including phenoxy) is 1. The standard InChI is InChI=1S/C24H22N2O6/c1-15(11-14-21(28)26-31)22(19-12-13-20(27)18-10-6-5-9-17(18)19)32-24(30)25-23(29)16-7-3-2-4-8-16/h2-15,22,27,31H,1H3,(H,26,28)(H,25,29,30)/b14-11+/t15-,22-/m1/s1. The molecule has 8 nitrogen and oxygen atoms in total. The van der Waals surface area contributed by atoms with Crippen LogP contribution in [-0.4, -0.2) is 28.2 Å². The van der Waals surface area contributed by atoms with Crippen LogP contribution < -0.4 is 10.8 Å². The summed E-state index contributed by atoms with van der Waals surface area (Å²) in [4.78, 5) is 36.3. The summed E-state index contributed by atoms with van der Waals surface area (Å²) in [5.74, 6) is -1.82. The Morgan fingerprint density at radius 3 is 2.28 bits per heavy atom. The normalized spacial score (nSPS) is 12.8. The Kier molecular flexibility index (Phi) is 7.20. The van der Waals surface area contributed by atoms with Gasteiger partial charge >= 0.3 is 6.09 Å². The number of amides is 3. The lowest BCUT2D eigenvalue weighted by Gasteiger charge is -2.24. The van der Waals surface area contributed by atoms with E-state index < -0.39 is 29.9 Å². The molecule has 0 spiro atoms. The van der Waals surface area contributed by atoms with E-state index in [1.165, 1.54) is 17.6 Å². The SMILES string of the molecule is C[C@H](/C=C/C(=O)NO)[C@@H](OC(=O)NC(=O)c1ccccc1)c1ccc(O)c2ccccc12. The molecule has 0 fully saturated rings. The fraction of sp³-hybridized carbons (Fsp3) is 0.125. The number of phenolic OH excluding ortho intramolecular Hbond substituents is 1. The molecule has 2 atom stereocenters. The first-order chi connectivity index (χ1) is 15.4. The molecule has 0 aromatic heterocycles. The van der Waals surface area contributed by atoms with E-state index >= 15 is 0 Å². The van der Waals surface area contributed by atoms with Gasteiger partial charge in [0.1, 0.15) is 11.9 Å². The quantitative estimate of drug-likeness (QED) is 0.265. The number of benzene rings is 3. The molecular formula is C24H22N2O6. The highest BCUT2D eigenvalue weighted by Gasteiger charge is 2.26. The Hall–Kier alpha value is -4.17. The number of hydroxylamine groups is 1. The van der Waals surface area contributed by atoms with Crippen LogP contribution in [0.15, 0.2) is 78.9 Å². The number of imide groups is 1. The number of carbonyl (C=O) groups excluding carboxylic acids is 3. The number of phenols is 1. The molecule has 3 aromatic rings. The van der Waals surface area contributed by atoms with Crippen molar-refractivity contribution in [3.05, 3.63) is 90.0 Å². The zero-order chi connectivity index (χ0) is 23.1. The smallest absolute Gasteiger partial charge is 0.414 e. The van der Waals surface area contributed by atoms with Crippen molar-refractivity contribution in [1.29, 1.82) is 0 Å². The lowest BCUT2D eigenvalue weighted by atomic mass is 9.92. The molecule has 0 bridgehead atoms. The average Bonchev–Trinajstić information content (AvgIpc) is 2.82. The van der Waals surface area contributed by atoms with Gasteiger partial charge in [-0.05, 0) is 23.6 Å². The van der Waals surface area contributed by atoms with Crippen molar-refractivity contribution in [3.8, 4) is 5.75 Å². The van der Waals surface area contributed by atoms with Crippen molar-refractivity contribution in [2.75, 3.05) is 0 Å². The van der Waals surface area contributed by atoms with Gasteiger partial charge in [-0.3, -0.25) is 20.1 Å². The molecule has 0 saturated heterocycles. The molecule has 0 unspecified atom stereocenters. The summed E-state index contributed by atoms with van der Waals surface area (Å²) in [6.45, 7) is 1.71. The zero-order valence-corrected chi connectivity index (χ0v) is 17.2. The van der Waals surface area contributed by atoms with E-state index in [1.54, 1.807) is 67.6 Å². The van der Waals surface area contributed by atoms with Crippen LogP contribution >= 0.6 is 0 Å². The van der Waals surface area contributed by atoms with Crippen molar-refractivity contribution in [3.63, 3.8) is 0 Å². The van der Waals surface area contributed by atoms with Crippen LogP contribution in [0, 0.1) is 5.92 Å². The Bertz CT molecular complexity index is 1160. The Labute approximate surface area is 184 Å². The average molecular weight is 434 g/mol. The fourth-order valence-corrected chi connectivity index (χ4v) is 3.29. The topological polar surface area (TPSA) is 125 Å². The van der Waals surface area contributed by atoms with E-state index in [0.717, 1.165) is 6.08 Å². The number of hydrogen-bond donors (Lipinski definition) is 4. The molecule has 164 valence electrons. The predicted molar refractivity (Wildman–Crippen MR) is 117 cm³/mol. The lowest BCUT2D eigenvalue weighted by molar-refractivity contribution is -0.124. The second-order valence-electron chi connectivity index (χ2n) is 7.06. The van der Waals surface area contributed by atoms with Crippen molar-refractivity contribution >= 4 is 28.7 Å². The zero-order valence-electron chi connectivity index (χ0n) is 17.2. The van der Waals surface area contributed by atoms with Gasteiger partial charge in [-0.2, -0.15) is 0 Å². The lowest BCUT2D eigenvalue weighted by Crippen LogP contribution is -2.33. The summed E-state index contributed by atoms with van der Waals surface area (Å²) < 4.78 is 5.61. The molecule has 32 heavy (non-hydrogen) atoms.